The van der Waals surface area contributed by atoms with Gasteiger partial charge in [0.1, 0.15) is 0 Å². The Morgan fingerprint density at radius 1 is 1.13 bits per heavy atom. The fraction of sp³-hybridized carbons (Fsp3) is 0.200. The number of rotatable bonds is 6. The zero-order chi connectivity index (χ0) is 17.0. The molecule has 23 heavy (non-hydrogen) atoms. The number of benzene rings is 2. The van der Waals surface area contributed by atoms with E-state index in [1.54, 1.807) is 0 Å². The molecule has 0 atom stereocenters. The highest BCUT2D eigenvalue weighted by molar-refractivity contribution is 9.10. The molecule has 0 fully saturated rings. The summed E-state index contributed by atoms with van der Waals surface area (Å²) in [5.41, 5.74) is 0.570. The minimum absolute atomic E-state index is 0.232. The molecule has 0 amide bonds. The predicted octanol–water partition coefficient (Wildman–Crippen LogP) is 3.22. The normalized spacial score (nSPS) is 11.6. The second-order valence-corrected chi connectivity index (χ2v) is 7.86. The van der Waals surface area contributed by atoms with Crippen molar-refractivity contribution in [3.63, 3.8) is 0 Å². The Morgan fingerprint density at radius 2 is 1.74 bits per heavy atom. The Kier molecular flexibility index (Phi) is 5.51. The largest absolute Gasteiger partial charge is 0.289 e. The van der Waals surface area contributed by atoms with Gasteiger partial charge in [-0.25, -0.2) is 12.7 Å². The Hall–Kier alpha value is -1.77. The van der Waals surface area contributed by atoms with Crippen LogP contribution in [0.5, 0.6) is 0 Å². The van der Waals surface area contributed by atoms with Crippen LogP contribution in [-0.4, -0.2) is 31.2 Å². The number of hydrogen-bond donors (Lipinski definition) is 0. The number of halogens is 1. The van der Waals surface area contributed by atoms with Crippen molar-refractivity contribution < 1.29 is 13.3 Å². The minimum atomic E-state index is -3.91. The van der Waals surface area contributed by atoms with Gasteiger partial charge in [0.2, 0.25) is 10.0 Å². The van der Waals surface area contributed by atoms with Crippen molar-refractivity contribution in [1.29, 1.82) is 0 Å². The third kappa shape index (κ3) is 4.15. The first-order chi connectivity index (χ1) is 10.8. The Balaban J connectivity index is 2.19. The van der Waals surface area contributed by atoms with E-state index < -0.39 is 20.6 Å². The second kappa shape index (κ2) is 7.20. The van der Waals surface area contributed by atoms with E-state index in [1.165, 1.54) is 31.3 Å². The first-order valence-electron chi connectivity index (χ1n) is 6.76. The molecular formula is C15H15BrN2O4S. The molecule has 8 heteroatoms. The highest BCUT2D eigenvalue weighted by atomic mass is 79.9. The summed E-state index contributed by atoms with van der Waals surface area (Å²) in [7, 11) is -2.49. The van der Waals surface area contributed by atoms with Crippen LogP contribution >= 0.6 is 15.9 Å². The van der Waals surface area contributed by atoms with Gasteiger partial charge in [-0.15, -0.1) is 0 Å². The molecule has 0 aliphatic heterocycles. The van der Waals surface area contributed by atoms with E-state index in [0.29, 0.717) is 6.42 Å². The molecular weight excluding hydrogens is 384 g/mol. The number of hydrogen-bond acceptors (Lipinski definition) is 4. The van der Waals surface area contributed by atoms with E-state index in [0.717, 1.165) is 14.3 Å². The lowest BCUT2D eigenvalue weighted by Gasteiger charge is -2.17. The quantitative estimate of drug-likeness (QED) is 0.552. The van der Waals surface area contributed by atoms with Crippen LogP contribution < -0.4 is 0 Å². The van der Waals surface area contributed by atoms with Crippen LogP contribution in [0.2, 0.25) is 0 Å². The SMILES string of the molecule is CN(CCc1ccc(Br)cc1)S(=O)(=O)c1ccccc1[N+](=O)[O-]. The highest BCUT2D eigenvalue weighted by Gasteiger charge is 2.28. The van der Waals surface area contributed by atoms with Crippen molar-refractivity contribution in [3.8, 4) is 0 Å². The molecule has 0 aliphatic carbocycles. The van der Waals surface area contributed by atoms with Gasteiger partial charge >= 0.3 is 0 Å². The summed E-state index contributed by atoms with van der Waals surface area (Å²) in [6.45, 7) is 0.232. The number of para-hydroxylation sites is 1. The number of nitrogens with zero attached hydrogens (tertiary/aromatic N) is 2. The minimum Gasteiger partial charge on any atom is -0.258 e. The van der Waals surface area contributed by atoms with Gasteiger partial charge in [0.25, 0.3) is 5.69 Å². The van der Waals surface area contributed by atoms with Crippen LogP contribution in [0.3, 0.4) is 0 Å². The number of nitro benzene ring substituents is 1. The van der Waals surface area contributed by atoms with E-state index in [4.69, 9.17) is 0 Å². The van der Waals surface area contributed by atoms with Crippen molar-refractivity contribution in [2.45, 2.75) is 11.3 Å². The molecule has 6 nitrogen and oxygen atoms in total. The van der Waals surface area contributed by atoms with Crippen molar-refractivity contribution in [2.24, 2.45) is 0 Å². The van der Waals surface area contributed by atoms with E-state index in [9.17, 15) is 18.5 Å². The average molecular weight is 399 g/mol. The van der Waals surface area contributed by atoms with Gasteiger partial charge in [-0.1, -0.05) is 40.2 Å². The molecule has 0 heterocycles. The molecule has 2 aromatic carbocycles. The molecule has 2 aromatic rings. The summed E-state index contributed by atoms with van der Waals surface area (Å²) in [5, 5.41) is 11.0. The molecule has 122 valence electrons. The zero-order valence-electron chi connectivity index (χ0n) is 12.3. The smallest absolute Gasteiger partial charge is 0.258 e. The highest BCUT2D eigenvalue weighted by Crippen LogP contribution is 2.25. The van der Waals surface area contributed by atoms with Crippen molar-refractivity contribution in [3.05, 3.63) is 68.7 Å². The van der Waals surface area contributed by atoms with Crippen molar-refractivity contribution in [2.75, 3.05) is 13.6 Å². The molecule has 0 saturated carbocycles. The molecule has 0 radical (unpaired) electrons. The van der Waals surface area contributed by atoms with Crippen LogP contribution in [0.15, 0.2) is 57.9 Å². The summed E-state index contributed by atoms with van der Waals surface area (Å²) < 4.78 is 27.2. The van der Waals surface area contributed by atoms with Crippen LogP contribution in [0, 0.1) is 10.1 Å². The Labute approximate surface area is 143 Å². The molecule has 0 spiro atoms. The molecule has 0 aromatic heterocycles. The van der Waals surface area contributed by atoms with Crippen LogP contribution in [0.4, 0.5) is 5.69 Å². The monoisotopic (exact) mass is 398 g/mol. The fourth-order valence-electron chi connectivity index (χ4n) is 2.05. The average Bonchev–Trinajstić information content (AvgIpc) is 2.54. The van der Waals surface area contributed by atoms with Gasteiger partial charge in [0, 0.05) is 24.1 Å². The Bertz CT molecular complexity index is 806. The van der Waals surface area contributed by atoms with Crippen molar-refractivity contribution in [1.82, 2.24) is 4.31 Å². The lowest BCUT2D eigenvalue weighted by atomic mass is 10.1. The summed E-state index contributed by atoms with van der Waals surface area (Å²) >= 11 is 3.34. The van der Waals surface area contributed by atoms with Gasteiger partial charge in [-0.3, -0.25) is 10.1 Å². The van der Waals surface area contributed by atoms with E-state index >= 15 is 0 Å². The molecule has 0 N–H and O–H groups in total. The molecule has 0 unspecified atom stereocenters. The third-order valence-corrected chi connectivity index (χ3v) is 5.81. The van der Waals surface area contributed by atoms with Crippen LogP contribution in [-0.2, 0) is 16.4 Å². The Morgan fingerprint density at radius 3 is 2.35 bits per heavy atom. The van der Waals surface area contributed by atoms with Crippen LogP contribution in [0.1, 0.15) is 5.56 Å². The zero-order valence-corrected chi connectivity index (χ0v) is 14.7. The topological polar surface area (TPSA) is 80.5 Å². The van der Waals surface area contributed by atoms with Crippen molar-refractivity contribution >= 4 is 31.6 Å². The summed E-state index contributed by atoms with van der Waals surface area (Å²) in [6.07, 6.45) is 0.518. The first-order valence-corrected chi connectivity index (χ1v) is 9.00. The van der Waals surface area contributed by atoms with Gasteiger partial charge < -0.3 is 0 Å². The maximum Gasteiger partial charge on any atom is 0.289 e. The number of likely N-dealkylation sites (N-methyl/N-ethyl adjacent to an activating group) is 1. The van der Waals surface area contributed by atoms with Gasteiger partial charge in [0.05, 0.1) is 4.92 Å². The standard InChI is InChI=1S/C15H15BrN2O4S/c1-17(11-10-12-6-8-13(16)9-7-12)23(21,22)15-5-3-2-4-14(15)18(19)20/h2-9H,10-11H2,1H3. The lowest BCUT2D eigenvalue weighted by molar-refractivity contribution is -0.387. The fourth-order valence-corrected chi connectivity index (χ4v) is 3.64. The predicted molar refractivity (Wildman–Crippen MR) is 90.8 cm³/mol. The van der Waals surface area contributed by atoms with Gasteiger partial charge in [-0.05, 0) is 30.2 Å². The van der Waals surface area contributed by atoms with Gasteiger partial charge in [-0.2, -0.15) is 0 Å². The second-order valence-electron chi connectivity index (χ2n) is 4.93. The lowest BCUT2D eigenvalue weighted by Crippen LogP contribution is -2.29. The van der Waals surface area contributed by atoms with E-state index in [-0.39, 0.29) is 11.4 Å². The first kappa shape index (κ1) is 17.6. The molecule has 0 bridgehead atoms. The summed E-state index contributed by atoms with van der Waals surface area (Å²) in [5.74, 6) is 0. The molecule has 0 aliphatic rings. The van der Waals surface area contributed by atoms with Gasteiger partial charge in [0.15, 0.2) is 4.90 Å². The maximum absolute atomic E-state index is 12.5. The third-order valence-electron chi connectivity index (χ3n) is 3.38. The number of sulfonamides is 1. The summed E-state index contributed by atoms with van der Waals surface area (Å²) in [4.78, 5) is 10.0. The van der Waals surface area contributed by atoms with E-state index in [1.807, 2.05) is 24.3 Å². The molecule has 2 rings (SSSR count). The maximum atomic E-state index is 12.5. The van der Waals surface area contributed by atoms with E-state index in [2.05, 4.69) is 15.9 Å². The molecule has 0 saturated heterocycles. The number of nitro groups is 1. The van der Waals surface area contributed by atoms with Crippen LogP contribution in [0.25, 0.3) is 0 Å². The summed E-state index contributed by atoms with van der Waals surface area (Å²) in [6, 6.07) is 12.9.